The van der Waals surface area contributed by atoms with Crippen molar-refractivity contribution in [1.82, 2.24) is 9.55 Å². The van der Waals surface area contributed by atoms with E-state index in [0.717, 1.165) is 30.0 Å². The third-order valence-corrected chi connectivity index (χ3v) is 4.06. The molecular weight excluding hydrogens is 242 g/mol. The molecular formula is C14H15N3S. The second-order valence-corrected chi connectivity index (χ2v) is 5.42. The van der Waals surface area contributed by atoms with Gasteiger partial charge in [0.05, 0.1) is 11.0 Å². The Labute approximate surface area is 110 Å². The topological polar surface area (TPSA) is 43.8 Å². The van der Waals surface area contributed by atoms with E-state index in [-0.39, 0.29) is 0 Å². The van der Waals surface area contributed by atoms with Gasteiger partial charge in [0.2, 0.25) is 0 Å². The zero-order valence-corrected chi connectivity index (χ0v) is 11.1. The lowest BCUT2D eigenvalue weighted by Gasteiger charge is -2.05. The fourth-order valence-electron chi connectivity index (χ4n) is 2.23. The van der Waals surface area contributed by atoms with Crippen LogP contribution in [0.5, 0.6) is 0 Å². The highest BCUT2D eigenvalue weighted by Crippen LogP contribution is 2.20. The predicted octanol–water partition coefficient (Wildman–Crippen LogP) is 3.23. The molecule has 0 aliphatic rings. The first kappa shape index (κ1) is 11.3. The van der Waals surface area contributed by atoms with Gasteiger partial charge in [-0.05, 0) is 43.0 Å². The highest BCUT2D eigenvalue weighted by atomic mass is 32.1. The molecule has 0 amide bonds. The number of nitrogens with two attached hydrogens (primary N) is 1. The zero-order chi connectivity index (χ0) is 12.5. The molecule has 18 heavy (non-hydrogen) atoms. The number of imidazole rings is 1. The lowest BCUT2D eigenvalue weighted by Crippen LogP contribution is -2.02. The van der Waals surface area contributed by atoms with Crippen LogP contribution in [0.15, 0.2) is 35.7 Å². The average Bonchev–Trinajstić information content (AvgIpc) is 2.93. The molecule has 3 rings (SSSR count). The number of benzene rings is 1. The maximum atomic E-state index is 5.79. The Morgan fingerprint density at radius 2 is 2.22 bits per heavy atom. The largest absolute Gasteiger partial charge is 0.399 e. The minimum Gasteiger partial charge on any atom is -0.399 e. The third-order valence-electron chi connectivity index (χ3n) is 3.13. The fourth-order valence-corrected chi connectivity index (χ4v) is 2.92. The summed E-state index contributed by atoms with van der Waals surface area (Å²) < 4.78 is 2.26. The molecule has 4 heteroatoms. The molecule has 2 heterocycles. The first-order valence-electron chi connectivity index (χ1n) is 5.99. The van der Waals surface area contributed by atoms with E-state index in [1.807, 2.05) is 19.1 Å². The molecule has 0 atom stereocenters. The molecule has 0 spiro atoms. The standard InChI is InChI=1S/C14H15N3S/c1-10-16-13-9-11(15)4-5-14(13)17(10)7-6-12-3-2-8-18-12/h2-5,8-9H,6-7,15H2,1H3. The minimum absolute atomic E-state index is 0.769. The summed E-state index contributed by atoms with van der Waals surface area (Å²) in [6, 6.07) is 10.2. The average molecular weight is 257 g/mol. The number of nitrogen functional groups attached to an aromatic ring is 1. The molecule has 0 saturated carbocycles. The molecule has 0 saturated heterocycles. The second kappa shape index (κ2) is 4.46. The van der Waals surface area contributed by atoms with Gasteiger partial charge in [0.25, 0.3) is 0 Å². The number of nitrogens with zero attached hydrogens (tertiary/aromatic N) is 2. The smallest absolute Gasteiger partial charge is 0.106 e. The number of rotatable bonds is 3. The van der Waals surface area contributed by atoms with Gasteiger partial charge < -0.3 is 10.3 Å². The summed E-state index contributed by atoms with van der Waals surface area (Å²) >= 11 is 1.80. The number of hydrogen-bond donors (Lipinski definition) is 1. The van der Waals surface area contributed by atoms with Crippen LogP contribution in [0.2, 0.25) is 0 Å². The van der Waals surface area contributed by atoms with E-state index in [4.69, 9.17) is 5.73 Å². The van der Waals surface area contributed by atoms with Crippen LogP contribution >= 0.6 is 11.3 Å². The van der Waals surface area contributed by atoms with Gasteiger partial charge in [0.1, 0.15) is 5.82 Å². The van der Waals surface area contributed by atoms with Crippen LogP contribution < -0.4 is 5.73 Å². The van der Waals surface area contributed by atoms with Crippen molar-refractivity contribution in [3.8, 4) is 0 Å². The third kappa shape index (κ3) is 1.99. The van der Waals surface area contributed by atoms with Crippen molar-refractivity contribution in [2.75, 3.05) is 5.73 Å². The van der Waals surface area contributed by atoms with Crippen molar-refractivity contribution in [3.05, 3.63) is 46.4 Å². The van der Waals surface area contributed by atoms with Crippen molar-refractivity contribution >= 4 is 28.1 Å². The SMILES string of the molecule is Cc1nc2cc(N)ccc2n1CCc1cccs1. The molecule has 2 N–H and O–H groups in total. The summed E-state index contributed by atoms with van der Waals surface area (Å²) in [6.45, 7) is 3.01. The van der Waals surface area contributed by atoms with Crippen LogP contribution in [0, 0.1) is 6.92 Å². The lowest BCUT2D eigenvalue weighted by atomic mass is 10.2. The number of fused-ring (bicyclic) bond motifs is 1. The van der Waals surface area contributed by atoms with E-state index in [1.165, 1.54) is 10.4 Å². The predicted molar refractivity (Wildman–Crippen MR) is 76.9 cm³/mol. The van der Waals surface area contributed by atoms with Crippen LogP contribution in [-0.4, -0.2) is 9.55 Å². The maximum Gasteiger partial charge on any atom is 0.106 e. The van der Waals surface area contributed by atoms with E-state index in [0.29, 0.717) is 0 Å². The first-order valence-corrected chi connectivity index (χ1v) is 6.87. The highest BCUT2D eigenvalue weighted by Gasteiger charge is 2.07. The fraction of sp³-hybridized carbons (Fsp3) is 0.214. The van der Waals surface area contributed by atoms with Crippen molar-refractivity contribution in [1.29, 1.82) is 0 Å². The summed E-state index contributed by atoms with van der Waals surface area (Å²) in [7, 11) is 0. The van der Waals surface area contributed by atoms with Gasteiger partial charge in [0, 0.05) is 17.1 Å². The Kier molecular flexibility index (Phi) is 2.80. The van der Waals surface area contributed by atoms with Gasteiger partial charge in [-0.2, -0.15) is 0 Å². The van der Waals surface area contributed by atoms with Gasteiger partial charge in [0.15, 0.2) is 0 Å². The van der Waals surface area contributed by atoms with E-state index >= 15 is 0 Å². The molecule has 0 aliphatic carbocycles. The van der Waals surface area contributed by atoms with Crippen LogP contribution in [0.4, 0.5) is 5.69 Å². The molecule has 1 aromatic carbocycles. The van der Waals surface area contributed by atoms with Gasteiger partial charge >= 0.3 is 0 Å². The number of hydrogen-bond acceptors (Lipinski definition) is 3. The van der Waals surface area contributed by atoms with Gasteiger partial charge in [-0.15, -0.1) is 11.3 Å². The molecule has 92 valence electrons. The normalized spacial score (nSPS) is 11.2. The van der Waals surface area contributed by atoms with Crippen molar-refractivity contribution in [2.45, 2.75) is 19.9 Å². The van der Waals surface area contributed by atoms with E-state index < -0.39 is 0 Å². The van der Waals surface area contributed by atoms with Gasteiger partial charge in [-0.25, -0.2) is 4.98 Å². The number of aryl methyl sites for hydroxylation is 3. The summed E-state index contributed by atoms with van der Waals surface area (Å²) in [5.41, 5.74) is 8.71. The Bertz CT molecular complexity index is 668. The summed E-state index contributed by atoms with van der Waals surface area (Å²) in [4.78, 5) is 5.97. The van der Waals surface area contributed by atoms with Crippen molar-refractivity contribution < 1.29 is 0 Å². The molecule has 0 fully saturated rings. The molecule has 2 aromatic heterocycles. The van der Waals surface area contributed by atoms with Crippen LogP contribution in [-0.2, 0) is 13.0 Å². The quantitative estimate of drug-likeness (QED) is 0.732. The molecule has 3 aromatic rings. The summed E-state index contributed by atoms with van der Waals surface area (Å²) in [5, 5.41) is 2.12. The Morgan fingerprint density at radius 3 is 3.00 bits per heavy atom. The first-order chi connectivity index (χ1) is 8.74. The number of thiophene rings is 1. The molecule has 0 aliphatic heterocycles. The van der Waals surface area contributed by atoms with E-state index in [9.17, 15) is 0 Å². The Balaban J connectivity index is 1.93. The van der Waals surface area contributed by atoms with Gasteiger partial charge in [-0.1, -0.05) is 6.07 Å². The maximum absolute atomic E-state index is 5.79. The lowest BCUT2D eigenvalue weighted by molar-refractivity contribution is 0.698. The molecule has 0 bridgehead atoms. The monoisotopic (exact) mass is 257 g/mol. The van der Waals surface area contributed by atoms with Gasteiger partial charge in [-0.3, -0.25) is 0 Å². The summed E-state index contributed by atoms with van der Waals surface area (Å²) in [6.07, 6.45) is 1.05. The van der Waals surface area contributed by atoms with Crippen molar-refractivity contribution in [2.24, 2.45) is 0 Å². The molecule has 0 radical (unpaired) electrons. The van der Waals surface area contributed by atoms with Crippen LogP contribution in [0.3, 0.4) is 0 Å². The Hall–Kier alpha value is -1.81. The van der Waals surface area contributed by atoms with Crippen LogP contribution in [0.1, 0.15) is 10.7 Å². The van der Waals surface area contributed by atoms with E-state index in [1.54, 1.807) is 11.3 Å². The summed E-state index contributed by atoms with van der Waals surface area (Å²) in [5.74, 6) is 1.05. The highest BCUT2D eigenvalue weighted by molar-refractivity contribution is 7.09. The number of anilines is 1. The number of aromatic nitrogens is 2. The Morgan fingerprint density at radius 1 is 1.33 bits per heavy atom. The van der Waals surface area contributed by atoms with E-state index in [2.05, 4.69) is 33.1 Å². The molecule has 0 unspecified atom stereocenters. The molecule has 3 nitrogen and oxygen atoms in total. The van der Waals surface area contributed by atoms with Crippen molar-refractivity contribution in [3.63, 3.8) is 0 Å². The van der Waals surface area contributed by atoms with Crippen LogP contribution in [0.25, 0.3) is 11.0 Å². The minimum atomic E-state index is 0.769. The zero-order valence-electron chi connectivity index (χ0n) is 10.3. The second-order valence-electron chi connectivity index (χ2n) is 4.39.